The molecule has 1 aromatic carbocycles. The molecule has 1 aromatic heterocycles. The van der Waals surface area contributed by atoms with Crippen molar-refractivity contribution < 1.29 is 4.39 Å². The van der Waals surface area contributed by atoms with Crippen molar-refractivity contribution in [2.75, 3.05) is 19.6 Å². The molecule has 0 atom stereocenters. The fourth-order valence-electron chi connectivity index (χ4n) is 2.84. The van der Waals surface area contributed by atoms with Crippen molar-refractivity contribution in [1.82, 2.24) is 20.4 Å². The summed E-state index contributed by atoms with van der Waals surface area (Å²) in [6.07, 6.45) is 5.89. The number of hydrogen-bond acceptors (Lipinski definition) is 2. The molecule has 0 saturated heterocycles. The Morgan fingerprint density at radius 3 is 2.74 bits per heavy atom. The van der Waals surface area contributed by atoms with Gasteiger partial charge in [0.15, 0.2) is 5.96 Å². The summed E-state index contributed by atoms with van der Waals surface area (Å²) in [4.78, 5) is 4.70. The molecule has 2 rings (SSSR count). The highest BCUT2D eigenvalue weighted by Gasteiger charge is 2.23. The van der Waals surface area contributed by atoms with E-state index in [1.807, 2.05) is 31.0 Å². The van der Waals surface area contributed by atoms with Gasteiger partial charge in [-0.25, -0.2) is 4.39 Å². The summed E-state index contributed by atoms with van der Waals surface area (Å²) in [6.45, 7) is 8.29. The van der Waals surface area contributed by atoms with Crippen LogP contribution in [0.25, 0.3) is 0 Å². The lowest BCUT2D eigenvalue weighted by molar-refractivity contribution is 0.534. The van der Waals surface area contributed by atoms with Crippen LogP contribution in [0, 0.1) is 5.82 Å². The van der Waals surface area contributed by atoms with Crippen molar-refractivity contribution in [3.8, 4) is 0 Å². The standard InChI is InChI=1S/C20H29ClFN5/c1-5-23-19(24-10-6-7-15-12-26-27(4)13-15)25-14-20(2,3)17-9-8-16(22)11-18(17)21/h8-9,11-13H,5-7,10,14H2,1-4H3,(H2,23,24,25). The number of nitrogens with one attached hydrogen (secondary N) is 2. The fourth-order valence-corrected chi connectivity index (χ4v) is 3.27. The highest BCUT2D eigenvalue weighted by Crippen LogP contribution is 2.30. The van der Waals surface area contributed by atoms with E-state index in [2.05, 4.69) is 29.6 Å². The van der Waals surface area contributed by atoms with Gasteiger partial charge in [0.25, 0.3) is 0 Å². The predicted molar refractivity (Wildman–Crippen MR) is 110 cm³/mol. The first-order valence-electron chi connectivity index (χ1n) is 9.27. The Balaban J connectivity index is 1.92. The van der Waals surface area contributed by atoms with Crippen LogP contribution in [-0.2, 0) is 18.9 Å². The predicted octanol–water partition coefficient (Wildman–Crippen LogP) is 3.68. The minimum Gasteiger partial charge on any atom is -0.357 e. The van der Waals surface area contributed by atoms with Crippen molar-refractivity contribution in [3.63, 3.8) is 0 Å². The number of aliphatic imine (C=N–C) groups is 1. The highest BCUT2D eigenvalue weighted by molar-refractivity contribution is 6.31. The molecule has 0 aliphatic heterocycles. The van der Waals surface area contributed by atoms with Gasteiger partial charge in [-0.2, -0.15) is 5.10 Å². The number of nitrogens with zero attached hydrogens (tertiary/aromatic N) is 3. The number of benzene rings is 1. The summed E-state index contributed by atoms with van der Waals surface area (Å²) < 4.78 is 15.1. The van der Waals surface area contributed by atoms with Gasteiger partial charge in [0, 0.05) is 36.8 Å². The fraction of sp³-hybridized carbons (Fsp3) is 0.500. The zero-order chi connectivity index (χ0) is 19.9. The Kier molecular flexibility index (Phi) is 7.66. The smallest absolute Gasteiger partial charge is 0.191 e. The molecule has 7 heteroatoms. The Morgan fingerprint density at radius 2 is 2.11 bits per heavy atom. The number of aromatic nitrogens is 2. The van der Waals surface area contributed by atoms with E-state index >= 15 is 0 Å². The van der Waals surface area contributed by atoms with Gasteiger partial charge in [0.2, 0.25) is 0 Å². The van der Waals surface area contributed by atoms with E-state index in [9.17, 15) is 4.39 Å². The Hall–Kier alpha value is -2.08. The third-order valence-electron chi connectivity index (χ3n) is 4.33. The second-order valence-corrected chi connectivity index (χ2v) is 7.66. The number of hydrogen-bond donors (Lipinski definition) is 2. The van der Waals surface area contributed by atoms with E-state index in [-0.39, 0.29) is 11.2 Å². The van der Waals surface area contributed by atoms with Crippen molar-refractivity contribution in [2.24, 2.45) is 12.0 Å². The Labute approximate surface area is 166 Å². The summed E-state index contributed by atoms with van der Waals surface area (Å²) in [5.41, 5.74) is 1.82. The van der Waals surface area contributed by atoms with Crippen molar-refractivity contribution in [3.05, 3.63) is 52.6 Å². The zero-order valence-electron chi connectivity index (χ0n) is 16.5. The van der Waals surface area contributed by atoms with E-state index in [0.29, 0.717) is 11.6 Å². The topological polar surface area (TPSA) is 54.2 Å². The third kappa shape index (κ3) is 6.54. The molecule has 2 aromatic rings. The molecule has 2 N–H and O–H groups in total. The second-order valence-electron chi connectivity index (χ2n) is 7.26. The lowest BCUT2D eigenvalue weighted by atomic mass is 9.84. The summed E-state index contributed by atoms with van der Waals surface area (Å²) in [6, 6.07) is 4.53. The largest absolute Gasteiger partial charge is 0.357 e. The van der Waals surface area contributed by atoms with Crippen LogP contribution in [-0.4, -0.2) is 35.4 Å². The monoisotopic (exact) mass is 393 g/mol. The van der Waals surface area contributed by atoms with Crippen LogP contribution in [0.5, 0.6) is 0 Å². The van der Waals surface area contributed by atoms with Crippen LogP contribution < -0.4 is 10.6 Å². The molecule has 0 fully saturated rings. The molecule has 0 aliphatic carbocycles. The SMILES string of the molecule is CCNC(=NCC(C)(C)c1ccc(F)cc1Cl)NCCCc1cnn(C)c1. The first kappa shape index (κ1) is 21.2. The Bertz CT molecular complexity index is 769. The highest BCUT2D eigenvalue weighted by atomic mass is 35.5. The van der Waals surface area contributed by atoms with E-state index in [1.165, 1.54) is 17.7 Å². The number of aryl methyl sites for hydroxylation is 2. The molecular weight excluding hydrogens is 365 g/mol. The molecule has 1 heterocycles. The molecule has 0 spiro atoms. The van der Waals surface area contributed by atoms with Crippen molar-refractivity contribution >= 4 is 17.6 Å². The molecular formula is C20H29ClFN5. The zero-order valence-corrected chi connectivity index (χ0v) is 17.3. The average molecular weight is 394 g/mol. The van der Waals surface area contributed by atoms with Gasteiger partial charge < -0.3 is 10.6 Å². The summed E-state index contributed by atoms with van der Waals surface area (Å²) in [5.74, 6) is 0.446. The van der Waals surface area contributed by atoms with Gasteiger partial charge in [-0.15, -0.1) is 0 Å². The molecule has 0 unspecified atom stereocenters. The van der Waals surface area contributed by atoms with E-state index in [4.69, 9.17) is 16.6 Å². The quantitative estimate of drug-likeness (QED) is 0.408. The van der Waals surface area contributed by atoms with E-state index in [0.717, 1.165) is 37.5 Å². The minimum atomic E-state index is -0.327. The van der Waals surface area contributed by atoms with Gasteiger partial charge in [-0.05, 0) is 43.0 Å². The van der Waals surface area contributed by atoms with Crippen LogP contribution >= 0.6 is 11.6 Å². The third-order valence-corrected chi connectivity index (χ3v) is 4.64. The summed E-state index contributed by atoms with van der Waals surface area (Å²) >= 11 is 6.23. The van der Waals surface area contributed by atoms with Crippen LogP contribution in [0.4, 0.5) is 4.39 Å². The molecule has 0 bridgehead atoms. The van der Waals surface area contributed by atoms with Crippen LogP contribution in [0.1, 0.15) is 38.3 Å². The van der Waals surface area contributed by atoms with Crippen LogP contribution in [0.15, 0.2) is 35.6 Å². The number of rotatable bonds is 8. The molecule has 0 aliphatic rings. The van der Waals surface area contributed by atoms with Crippen LogP contribution in [0.3, 0.4) is 0 Å². The van der Waals surface area contributed by atoms with Gasteiger partial charge in [-0.1, -0.05) is 31.5 Å². The lowest BCUT2D eigenvalue weighted by Gasteiger charge is -2.25. The summed E-state index contributed by atoms with van der Waals surface area (Å²) in [7, 11) is 1.92. The molecule has 0 saturated carbocycles. The Morgan fingerprint density at radius 1 is 1.33 bits per heavy atom. The maximum atomic E-state index is 13.3. The van der Waals surface area contributed by atoms with Crippen LogP contribution in [0.2, 0.25) is 5.02 Å². The lowest BCUT2D eigenvalue weighted by Crippen LogP contribution is -2.39. The minimum absolute atomic E-state index is 0.303. The van der Waals surface area contributed by atoms with Crippen molar-refractivity contribution in [1.29, 1.82) is 0 Å². The van der Waals surface area contributed by atoms with E-state index < -0.39 is 0 Å². The molecule has 27 heavy (non-hydrogen) atoms. The molecule has 0 amide bonds. The molecule has 5 nitrogen and oxygen atoms in total. The second kappa shape index (κ2) is 9.74. The van der Waals surface area contributed by atoms with Gasteiger partial charge in [0.1, 0.15) is 5.82 Å². The first-order valence-corrected chi connectivity index (χ1v) is 9.65. The number of halogens is 2. The van der Waals surface area contributed by atoms with Gasteiger partial charge in [-0.3, -0.25) is 9.67 Å². The molecule has 148 valence electrons. The first-order chi connectivity index (χ1) is 12.8. The van der Waals surface area contributed by atoms with Crippen molar-refractivity contribution in [2.45, 2.75) is 39.0 Å². The maximum absolute atomic E-state index is 13.3. The number of guanidine groups is 1. The normalized spacial score (nSPS) is 12.3. The van der Waals surface area contributed by atoms with Gasteiger partial charge in [0.05, 0.1) is 12.7 Å². The maximum Gasteiger partial charge on any atom is 0.191 e. The molecule has 0 radical (unpaired) electrons. The van der Waals surface area contributed by atoms with E-state index in [1.54, 1.807) is 6.07 Å². The van der Waals surface area contributed by atoms with Gasteiger partial charge >= 0.3 is 0 Å². The summed E-state index contributed by atoms with van der Waals surface area (Å²) in [5, 5.41) is 11.2. The average Bonchev–Trinajstić information content (AvgIpc) is 3.01.